The highest BCUT2D eigenvalue weighted by Gasteiger charge is 2.07. The number of methoxy groups -OCH3 is 1. The molecule has 1 atom stereocenters. The van der Waals surface area contributed by atoms with E-state index in [2.05, 4.69) is 35.3 Å². The van der Waals surface area contributed by atoms with Crippen molar-refractivity contribution in [2.75, 3.05) is 34.0 Å². The second-order valence-corrected chi connectivity index (χ2v) is 4.39. The SMILES string of the molecule is CCC(NC)c1ccn(CCOCCCOC)c1. The Kier molecular flexibility index (Phi) is 7.73. The summed E-state index contributed by atoms with van der Waals surface area (Å²) in [5.74, 6) is 0. The zero-order chi connectivity index (χ0) is 13.2. The van der Waals surface area contributed by atoms with Crippen molar-refractivity contribution in [3.8, 4) is 0 Å². The van der Waals surface area contributed by atoms with Gasteiger partial charge in [-0.1, -0.05) is 6.92 Å². The van der Waals surface area contributed by atoms with Crippen LogP contribution in [0.4, 0.5) is 0 Å². The average Bonchev–Trinajstić information content (AvgIpc) is 2.84. The van der Waals surface area contributed by atoms with Gasteiger partial charge in [0.05, 0.1) is 6.61 Å². The number of nitrogens with zero attached hydrogens (tertiary/aromatic N) is 1. The Morgan fingerprint density at radius 1 is 1.33 bits per heavy atom. The number of ether oxygens (including phenoxy) is 2. The van der Waals surface area contributed by atoms with E-state index in [-0.39, 0.29) is 0 Å². The number of hydrogen-bond donors (Lipinski definition) is 1. The Bertz CT molecular complexity index is 308. The van der Waals surface area contributed by atoms with E-state index in [1.54, 1.807) is 7.11 Å². The summed E-state index contributed by atoms with van der Waals surface area (Å²) in [7, 11) is 3.72. The summed E-state index contributed by atoms with van der Waals surface area (Å²) in [4.78, 5) is 0. The minimum Gasteiger partial charge on any atom is -0.385 e. The van der Waals surface area contributed by atoms with Crippen molar-refractivity contribution in [3.63, 3.8) is 0 Å². The van der Waals surface area contributed by atoms with Gasteiger partial charge in [-0.3, -0.25) is 0 Å². The minimum atomic E-state index is 0.453. The van der Waals surface area contributed by atoms with Crippen LogP contribution in [0, 0.1) is 0 Å². The smallest absolute Gasteiger partial charge is 0.0645 e. The van der Waals surface area contributed by atoms with Crippen LogP contribution in [0.3, 0.4) is 0 Å². The van der Waals surface area contributed by atoms with E-state index in [4.69, 9.17) is 9.47 Å². The van der Waals surface area contributed by atoms with Gasteiger partial charge in [0, 0.05) is 45.3 Å². The van der Waals surface area contributed by atoms with E-state index in [0.717, 1.165) is 39.2 Å². The van der Waals surface area contributed by atoms with Crippen LogP contribution in [0.2, 0.25) is 0 Å². The lowest BCUT2D eigenvalue weighted by Crippen LogP contribution is -2.14. The molecule has 1 heterocycles. The molecule has 0 radical (unpaired) electrons. The quantitative estimate of drug-likeness (QED) is 0.650. The molecule has 0 spiro atoms. The molecule has 1 rings (SSSR count). The van der Waals surface area contributed by atoms with Gasteiger partial charge in [0.25, 0.3) is 0 Å². The van der Waals surface area contributed by atoms with Gasteiger partial charge >= 0.3 is 0 Å². The van der Waals surface area contributed by atoms with Crippen LogP contribution in [0.5, 0.6) is 0 Å². The van der Waals surface area contributed by atoms with E-state index in [1.165, 1.54) is 5.56 Å². The molecule has 0 saturated carbocycles. The van der Waals surface area contributed by atoms with Crippen LogP contribution in [-0.4, -0.2) is 38.5 Å². The fourth-order valence-corrected chi connectivity index (χ4v) is 1.99. The Hall–Kier alpha value is -0.840. The Labute approximate surface area is 110 Å². The van der Waals surface area contributed by atoms with Crippen LogP contribution < -0.4 is 5.32 Å². The summed E-state index contributed by atoms with van der Waals surface area (Å²) in [6.07, 6.45) is 6.39. The highest BCUT2D eigenvalue weighted by molar-refractivity contribution is 5.15. The molecule has 1 unspecified atom stereocenters. The summed E-state index contributed by atoms with van der Waals surface area (Å²) in [6.45, 7) is 5.41. The number of nitrogens with one attached hydrogen (secondary N) is 1. The summed E-state index contributed by atoms with van der Waals surface area (Å²) in [6, 6.07) is 2.63. The third kappa shape index (κ3) is 5.21. The highest BCUT2D eigenvalue weighted by atomic mass is 16.5. The van der Waals surface area contributed by atoms with Crippen molar-refractivity contribution in [1.29, 1.82) is 0 Å². The third-order valence-corrected chi connectivity index (χ3v) is 3.06. The van der Waals surface area contributed by atoms with E-state index < -0.39 is 0 Å². The first-order valence-electron chi connectivity index (χ1n) is 6.71. The molecular formula is C14H26N2O2. The number of hydrogen-bond acceptors (Lipinski definition) is 3. The molecule has 104 valence electrons. The van der Waals surface area contributed by atoms with Gasteiger partial charge in [0.1, 0.15) is 0 Å². The van der Waals surface area contributed by atoms with Crippen molar-refractivity contribution in [2.24, 2.45) is 0 Å². The first-order valence-corrected chi connectivity index (χ1v) is 6.71. The lowest BCUT2D eigenvalue weighted by molar-refractivity contribution is 0.0977. The monoisotopic (exact) mass is 254 g/mol. The van der Waals surface area contributed by atoms with Gasteiger partial charge in [-0.15, -0.1) is 0 Å². The molecule has 0 aliphatic carbocycles. The van der Waals surface area contributed by atoms with Crippen molar-refractivity contribution >= 4 is 0 Å². The summed E-state index contributed by atoms with van der Waals surface area (Å²) >= 11 is 0. The zero-order valence-electron chi connectivity index (χ0n) is 11.8. The van der Waals surface area contributed by atoms with Crippen LogP contribution >= 0.6 is 0 Å². The molecule has 0 saturated heterocycles. The minimum absolute atomic E-state index is 0.453. The number of aromatic nitrogens is 1. The van der Waals surface area contributed by atoms with Gasteiger partial charge in [0.2, 0.25) is 0 Å². The van der Waals surface area contributed by atoms with Gasteiger partial charge in [-0.25, -0.2) is 0 Å². The molecule has 18 heavy (non-hydrogen) atoms. The fourth-order valence-electron chi connectivity index (χ4n) is 1.99. The molecule has 1 N–H and O–H groups in total. The lowest BCUT2D eigenvalue weighted by atomic mass is 10.1. The predicted octanol–water partition coefficient (Wildman–Crippen LogP) is 2.21. The summed E-state index contributed by atoms with van der Waals surface area (Å²) in [5, 5.41) is 3.31. The highest BCUT2D eigenvalue weighted by Crippen LogP contribution is 2.15. The van der Waals surface area contributed by atoms with Crippen molar-refractivity contribution < 1.29 is 9.47 Å². The summed E-state index contributed by atoms with van der Waals surface area (Å²) < 4.78 is 12.7. The average molecular weight is 254 g/mol. The maximum Gasteiger partial charge on any atom is 0.0645 e. The lowest BCUT2D eigenvalue weighted by Gasteiger charge is -2.11. The molecule has 0 fully saturated rings. The maximum absolute atomic E-state index is 5.55. The molecule has 0 aromatic carbocycles. The van der Waals surface area contributed by atoms with Gasteiger partial charge in [0.15, 0.2) is 0 Å². The van der Waals surface area contributed by atoms with Gasteiger partial charge < -0.3 is 19.4 Å². The summed E-state index contributed by atoms with van der Waals surface area (Å²) in [5.41, 5.74) is 1.35. The van der Waals surface area contributed by atoms with Gasteiger partial charge in [-0.05, 0) is 31.5 Å². The van der Waals surface area contributed by atoms with Gasteiger partial charge in [-0.2, -0.15) is 0 Å². The van der Waals surface area contributed by atoms with Crippen molar-refractivity contribution in [1.82, 2.24) is 9.88 Å². The fraction of sp³-hybridized carbons (Fsp3) is 0.714. The van der Waals surface area contributed by atoms with Crippen LogP contribution in [-0.2, 0) is 16.0 Å². The maximum atomic E-state index is 5.55. The van der Waals surface area contributed by atoms with E-state index in [9.17, 15) is 0 Å². The molecule has 1 aromatic heterocycles. The van der Waals surface area contributed by atoms with E-state index in [1.807, 2.05) is 7.05 Å². The molecular weight excluding hydrogens is 228 g/mol. The van der Waals surface area contributed by atoms with E-state index in [0.29, 0.717) is 6.04 Å². The third-order valence-electron chi connectivity index (χ3n) is 3.06. The van der Waals surface area contributed by atoms with Crippen molar-refractivity contribution in [3.05, 3.63) is 24.0 Å². The number of rotatable bonds is 10. The standard InChI is InChI=1S/C14H26N2O2/c1-4-14(15-2)13-6-7-16(12-13)8-11-18-10-5-9-17-3/h6-7,12,14-15H,4-5,8-11H2,1-3H3. The molecule has 0 aliphatic heterocycles. The zero-order valence-corrected chi connectivity index (χ0v) is 11.8. The van der Waals surface area contributed by atoms with Crippen LogP contribution in [0.15, 0.2) is 18.5 Å². The molecule has 0 bridgehead atoms. The largest absolute Gasteiger partial charge is 0.385 e. The topological polar surface area (TPSA) is 35.4 Å². The van der Waals surface area contributed by atoms with Crippen molar-refractivity contribution in [2.45, 2.75) is 32.4 Å². The molecule has 1 aromatic rings. The molecule has 4 heteroatoms. The van der Waals surface area contributed by atoms with Crippen LogP contribution in [0.25, 0.3) is 0 Å². The van der Waals surface area contributed by atoms with Crippen LogP contribution in [0.1, 0.15) is 31.4 Å². The predicted molar refractivity (Wildman–Crippen MR) is 73.8 cm³/mol. The molecule has 0 amide bonds. The second kappa shape index (κ2) is 9.14. The Morgan fingerprint density at radius 3 is 2.83 bits per heavy atom. The molecule has 0 aliphatic rings. The first-order chi connectivity index (χ1) is 8.81. The normalized spacial score (nSPS) is 12.8. The Balaban J connectivity index is 2.23. The molecule has 4 nitrogen and oxygen atoms in total. The Morgan fingerprint density at radius 2 is 2.17 bits per heavy atom. The van der Waals surface area contributed by atoms with E-state index >= 15 is 0 Å². The second-order valence-electron chi connectivity index (χ2n) is 4.39. The first kappa shape index (κ1) is 15.2.